The van der Waals surface area contributed by atoms with Crippen molar-refractivity contribution in [3.05, 3.63) is 22.8 Å². The normalized spacial score (nSPS) is 26.2. The third-order valence-corrected chi connectivity index (χ3v) is 4.48. The monoisotopic (exact) mass is 295 g/mol. The van der Waals surface area contributed by atoms with Crippen LogP contribution in [0.4, 0.5) is 5.82 Å². The summed E-state index contributed by atoms with van der Waals surface area (Å²) in [6.45, 7) is 2.33. The molecule has 2 fully saturated rings. The van der Waals surface area contributed by atoms with E-state index in [0.717, 1.165) is 31.6 Å². The molecule has 20 heavy (non-hydrogen) atoms. The van der Waals surface area contributed by atoms with Crippen molar-refractivity contribution in [3.8, 4) is 0 Å². The molecule has 1 aromatic rings. The van der Waals surface area contributed by atoms with E-state index in [1.165, 1.54) is 0 Å². The zero-order valence-electron chi connectivity index (χ0n) is 11.1. The third-order valence-electron chi connectivity index (χ3n) is 4.14. The summed E-state index contributed by atoms with van der Waals surface area (Å²) in [6.07, 6.45) is 2.00. The van der Waals surface area contributed by atoms with Gasteiger partial charge in [0.05, 0.1) is 16.6 Å². The fourth-order valence-electron chi connectivity index (χ4n) is 3.10. The molecule has 0 bridgehead atoms. The summed E-state index contributed by atoms with van der Waals surface area (Å²) < 4.78 is 0. The van der Waals surface area contributed by atoms with Gasteiger partial charge in [0.1, 0.15) is 5.82 Å². The number of fused-ring (bicyclic) bond motifs is 1. The van der Waals surface area contributed by atoms with Gasteiger partial charge in [0, 0.05) is 19.1 Å². The van der Waals surface area contributed by atoms with Crippen LogP contribution in [-0.4, -0.2) is 34.9 Å². The number of hydrogen-bond acceptors (Lipinski definition) is 5. The highest BCUT2D eigenvalue weighted by Crippen LogP contribution is 2.29. The van der Waals surface area contributed by atoms with Gasteiger partial charge in [-0.15, -0.1) is 0 Å². The van der Waals surface area contributed by atoms with Crippen molar-refractivity contribution in [1.82, 2.24) is 15.2 Å². The van der Waals surface area contributed by atoms with Crippen molar-refractivity contribution in [2.75, 3.05) is 18.5 Å². The maximum absolute atomic E-state index is 11.8. The second kappa shape index (κ2) is 5.55. The molecule has 0 aliphatic carbocycles. The summed E-state index contributed by atoms with van der Waals surface area (Å²) in [6, 6.07) is 3.79. The second-order valence-electron chi connectivity index (χ2n) is 5.30. The van der Waals surface area contributed by atoms with Gasteiger partial charge >= 0.3 is 0 Å². The van der Waals surface area contributed by atoms with Crippen molar-refractivity contribution in [2.45, 2.75) is 25.4 Å². The van der Waals surface area contributed by atoms with Crippen LogP contribution in [0.5, 0.6) is 0 Å². The maximum Gasteiger partial charge on any atom is 0.224 e. The van der Waals surface area contributed by atoms with Crippen LogP contribution in [0, 0.1) is 5.92 Å². The number of hydrazine groups is 1. The number of rotatable bonds is 3. The average Bonchev–Trinajstić information content (AvgIpc) is 2.84. The molecule has 108 valence electrons. The van der Waals surface area contributed by atoms with Crippen LogP contribution < -0.4 is 16.6 Å². The minimum atomic E-state index is 0.110. The lowest BCUT2D eigenvalue weighted by Crippen LogP contribution is -2.45. The Morgan fingerprint density at radius 1 is 1.55 bits per heavy atom. The number of pyridine rings is 1. The number of aromatic nitrogens is 1. The van der Waals surface area contributed by atoms with E-state index in [1.807, 2.05) is 0 Å². The van der Waals surface area contributed by atoms with E-state index in [2.05, 4.69) is 20.6 Å². The predicted molar refractivity (Wildman–Crippen MR) is 77.0 cm³/mol. The molecule has 2 aliphatic heterocycles. The Balaban J connectivity index is 1.78. The van der Waals surface area contributed by atoms with Crippen molar-refractivity contribution < 1.29 is 4.79 Å². The number of carbonyl (C=O) groups is 1. The van der Waals surface area contributed by atoms with E-state index in [-0.39, 0.29) is 17.9 Å². The van der Waals surface area contributed by atoms with Gasteiger partial charge in [-0.1, -0.05) is 11.6 Å². The number of nitrogens with one attached hydrogen (secondary N) is 2. The first kappa shape index (κ1) is 13.6. The molecule has 0 saturated carbocycles. The van der Waals surface area contributed by atoms with Gasteiger partial charge in [0.25, 0.3) is 0 Å². The van der Waals surface area contributed by atoms with Crippen molar-refractivity contribution in [1.29, 1.82) is 0 Å². The molecule has 2 aliphatic rings. The van der Waals surface area contributed by atoms with Crippen LogP contribution in [0.1, 0.15) is 18.5 Å². The van der Waals surface area contributed by atoms with E-state index >= 15 is 0 Å². The summed E-state index contributed by atoms with van der Waals surface area (Å²) in [5, 5.41) is 3.58. The summed E-state index contributed by atoms with van der Waals surface area (Å²) in [7, 11) is 0. The number of hydrogen-bond donors (Lipinski definition) is 3. The van der Waals surface area contributed by atoms with Crippen molar-refractivity contribution in [2.24, 2.45) is 11.8 Å². The van der Waals surface area contributed by atoms with Gasteiger partial charge in [-0.25, -0.2) is 10.8 Å². The smallest absolute Gasteiger partial charge is 0.224 e. The van der Waals surface area contributed by atoms with E-state index < -0.39 is 0 Å². The zero-order chi connectivity index (χ0) is 14.1. The summed E-state index contributed by atoms with van der Waals surface area (Å²) >= 11 is 6.20. The lowest BCUT2D eigenvalue weighted by atomic mass is 9.91. The second-order valence-corrected chi connectivity index (χ2v) is 5.71. The number of likely N-dealkylation sites (tertiary alicyclic amines) is 1. The van der Waals surface area contributed by atoms with E-state index in [1.54, 1.807) is 12.1 Å². The topological polar surface area (TPSA) is 83.3 Å². The Morgan fingerprint density at radius 3 is 3.20 bits per heavy atom. The lowest BCUT2D eigenvalue weighted by Gasteiger charge is -2.35. The number of amides is 1. The fraction of sp³-hybridized carbons (Fsp3) is 0.538. The molecule has 3 rings (SSSR count). The molecule has 2 atom stereocenters. The van der Waals surface area contributed by atoms with Crippen LogP contribution >= 0.6 is 11.6 Å². The number of nitrogens with zero attached hydrogens (tertiary/aromatic N) is 2. The van der Waals surface area contributed by atoms with Crippen LogP contribution in [0.25, 0.3) is 0 Å². The molecule has 2 unspecified atom stereocenters. The highest BCUT2D eigenvalue weighted by atomic mass is 35.5. The lowest BCUT2D eigenvalue weighted by molar-refractivity contribution is -0.124. The molecule has 0 aromatic carbocycles. The molecular formula is C13H18ClN5O. The Labute approximate surface area is 122 Å². The average molecular weight is 296 g/mol. The maximum atomic E-state index is 11.8. The number of piperidine rings is 1. The van der Waals surface area contributed by atoms with Gasteiger partial charge in [-0.3, -0.25) is 9.69 Å². The summed E-state index contributed by atoms with van der Waals surface area (Å²) in [5.41, 5.74) is 3.32. The summed E-state index contributed by atoms with van der Waals surface area (Å²) in [4.78, 5) is 18.5. The van der Waals surface area contributed by atoms with E-state index in [0.29, 0.717) is 17.4 Å². The van der Waals surface area contributed by atoms with Gasteiger partial charge < -0.3 is 10.7 Å². The van der Waals surface area contributed by atoms with Crippen LogP contribution in [0.3, 0.4) is 0 Å². The number of halogens is 1. The Bertz CT molecular complexity index is 523. The highest BCUT2D eigenvalue weighted by Gasteiger charge is 2.40. The van der Waals surface area contributed by atoms with Crippen LogP contribution in [0.15, 0.2) is 12.1 Å². The fourth-order valence-corrected chi connectivity index (χ4v) is 3.27. The molecular weight excluding hydrogens is 278 g/mol. The molecule has 3 heterocycles. The first-order valence-corrected chi connectivity index (χ1v) is 7.20. The molecule has 6 nitrogen and oxygen atoms in total. The van der Waals surface area contributed by atoms with E-state index in [4.69, 9.17) is 17.4 Å². The number of nitrogen functional groups attached to an aromatic ring is 1. The molecule has 4 N–H and O–H groups in total. The quantitative estimate of drug-likeness (QED) is 0.566. The third kappa shape index (κ3) is 2.46. The van der Waals surface area contributed by atoms with Crippen molar-refractivity contribution in [3.63, 3.8) is 0 Å². The number of nitrogens with two attached hydrogens (primary N) is 1. The largest absolute Gasteiger partial charge is 0.354 e. The minimum absolute atomic E-state index is 0.110. The molecule has 2 saturated heterocycles. The standard InChI is InChI=1S/C13H18ClN5O/c14-9-3-4-12(18-15)17-10(9)7-19-5-1-2-8-11(19)6-16-13(8)20/h3-4,8,11H,1-2,5-7,15H2,(H,16,20)(H,17,18). The summed E-state index contributed by atoms with van der Waals surface area (Å²) in [5.74, 6) is 6.26. The van der Waals surface area contributed by atoms with Gasteiger partial charge in [0.2, 0.25) is 5.91 Å². The molecule has 1 aromatic heterocycles. The number of anilines is 1. The van der Waals surface area contributed by atoms with Gasteiger partial charge in [-0.2, -0.15) is 0 Å². The van der Waals surface area contributed by atoms with Crippen molar-refractivity contribution >= 4 is 23.3 Å². The van der Waals surface area contributed by atoms with Crippen LogP contribution in [0.2, 0.25) is 5.02 Å². The first-order valence-electron chi connectivity index (χ1n) is 6.83. The SMILES string of the molecule is NNc1ccc(Cl)c(CN2CCCC3C(=O)NCC32)n1. The predicted octanol–water partition coefficient (Wildman–Crippen LogP) is 0.731. The zero-order valence-corrected chi connectivity index (χ0v) is 11.9. The van der Waals surface area contributed by atoms with Gasteiger partial charge in [0.15, 0.2) is 0 Å². The Morgan fingerprint density at radius 2 is 2.40 bits per heavy atom. The molecule has 1 amide bonds. The molecule has 0 radical (unpaired) electrons. The molecule has 0 spiro atoms. The molecule has 7 heteroatoms. The Hall–Kier alpha value is -1.37. The number of carbonyl (C=O) groups excluding carboxylic acids is 1. The highest BCUT2D eigenvalue weighted by molar-refractivity contribution is 6.31. The van der Waals surface area contributed by atoms with E-state index in [9.17, 15) is 4.79 Å². The minimum Gasteiger partial charge on any atom is -0.354 e. The Kier molecular flexibility index (Phi) is 3.78. The van der Waals surface area contributed by atoms with Crippen LogP contribution in [-0.2, 0) is 11.3 Å². The van der Waals surface area contributed by atoms with Gasteiger partial charge in [-0.05, 0) is 31.5 Å². The first-order chi connectivity index (χ1) is 9.69.